The molecule has 23 heavy (non-hydrogen) atoms. The molecule has 1 aromatic rings. The minimum atomic E-state index is -3.59. The van der Waals surface area contributed by atoms with Gasteiger partial charge in [-0.1, -0.05) is 0 Å². The second-order valence-corrected chi connectivity index (χ2v) is 7.89. The summed E-state index contributed by atoms with van der Waals surface area (Å²) in [6, 6.07) is 4.69. The highest BCUT2D eigenvalue weighted by Crippen LogP contribution is 2.30. The van der Waals surface area contributed by atoms with Crippen molar-refractivity contribution in [1.29, 1.82) is 0 Å². The molecule has 2 atom stereocenters. The Labute approximate surface area is 136 Å². The fourth-order valence-corrected chi connectivity index (χ4v) is 4.58. The predicted octanol–water partition coefficient (Wildman–Crippen LogP) is 1.44. The number of ether oxygens (including phenoxy) is 1. The van der Waals surface area contributed by atoms with Gasteiger partial charge in [-0.05, 0) is 49.9 Å². The van der Waals surface area contributed by atoms with Crippen LogP contribution in [0, 0.1) is 0 Å². The zero-order valence-electron chi connectivity index (χ0n) is 13.4. The topological polar surface area (TPSA) is 75.7 Å². The van der Waals surface area contributed by atoms with Crippen LogP contribution in [0.25, 0.3) is 0 Å². The quantitative estimate of drug-likeness (QED) is 0.901. The van der Waals surface area contributed by atoms with E-state index in [1.54, 1.807) is 23.1 Å². The third-order valence-electron chi connectivity index (χ3n) is 4.50. The summed E-state index contributed by atoms with van der Waals surface area (Å²) in [7, 11) is -3.59. The van der Waals surface area contributed by atoms with Gasteiger partial charge >= 0.3 is 0 Å². The van der Waals surface area contributed by atoms with E-state index in [9.17, 15) is 13.2 Å². The molecule has 0 bridgehead atoms. The Morgan fingerprint density at radius 1 is 1.43 bits per heavy atom. The van der Waals surface area contributed by atoms with Gasteiger partial charge in [0.2, 0.25) is 15.9 Å². The van der Waals surface area contributed by atoms with E-state index in [4.69, 9.17) is 4.74 Å². The molecule has 2 aliphatic heterocycles. The molecule has 1 aromatic carbocycles. The van der Waals surface area contributed by atoms with Crippen LogP contribution in [-0.4, -0.2) is 39.6 Å². The van der Waals surface area contributed by atoms with Gasteiger partial charge in [-0.25, -0.2) is 13.1 Å². The first-order valence-electron chi connectivity index (χ1n) is 7.93. The number of amides is 1. The number of hydrogen-bond acceptors (Lipinski definition) is 4. The lowest BCUT2D eigenvalue weighted by Gasteiger charge is -2.20. The Hall–Kier alpha value is -1.44. The minimum Gasteiger partial charge on any atom is -0.377 e. The summed E-state index contributed by atoms with van der Waals surface area (Å²) >= 11 is 0. The van der Waals surface area contributed by atoms with Crippen molar-refractivity contribution in [2.24, 2.45) is 0 Å². The molecule has 1 saturated heterocycles. The molecular formula is C16H22N2O4S. The van der Waals surface area contributed by atoms with E-state index in [-0.39, 0.29) is 22.9 Å². The highest BCUT2D eigenvalue weighted by molar-refractivity contribution is 7.89. The summed E-state index contributed by atoms with van der Waals surface area (Å²) in [5, 5.41) is 0. The molecule has 2 aliphatic rings. The van der Waals surface area contributed by atoms with E-state index in [1.165, 1.54) is 6.92 Å². The van der Waals surface area contributed by atoms with E-state index in [2.05, 4.69) is 4.72 Å². The second-order valence-electron chi connectivity index (χ2n) is 6.17. The van der Waals surface area contributed by atoms with E-state index < -0.39 is 10.0 Å². The van der Waals surface area contributed by atoms with Crippen LogP contribution in [0.1, 0.15) is 32.3 Å². The smallest absolute Gasteiger partial charge is 0.240 e. The van der Waals surface area contributed by atoms with Crippen LogP contribution in [0.4, 0.5) is 5.69 Å². The first kappa shape index (κ1) is 16.4. The lowest BCUT2D eigenvalue weighted by molar-refractivity contribution is -0.116. The van der Waals surface area contributed by atoms with E-state index in [0.29, 0.717) is 19.6 Å². The third kappa shape index (κ3) is 3.27. The maximum atomic E-state index is 12.6. The monoisotopic (exact) mass is 338 g/mol. The van der Waals surface area contributed by atoms with Crippen molar-refractivity contribution in [3.8, 4) is 0 Å². The van der Waals surface area contributed by atoms with E-state index in [1.807, 2.05) is 6.92 Å². The number of benzene rings is 1. The van der Waals surface area contributed by atoms with Crippen molar-refractivity contribution >= 4 is 21.6 Å². The molecule has 0 radical (unpaired) electrons. The summed E-state index contributed by atoms with van der Waals surface area (Å²) in [6.07, 6.45) is 2.46. The Kier molecular flexibility index (Phi) is 4.44. The van der Waals surface area contributed by atoms with Crippen molar-refractivity contribution < 1.29 is 17.9 Å². The van der Waals surface area contributed by atoms with Crippen LogP contribution in [0.3, 0.4) is 0 Å². The Balaban J connectivity index is 1.80. The minimum absolute atomic E-state index is 0.0236. The maximum Gasteiger partial charge on any atom is 0.240 e. The molecule has 1 fully saturated rings. The lowest BCUT2D eigenvalue weighted by atomic mass is 10.1. The Morgan fingerprint density at radius 2 is 2.22 bits per heavy atom. The summed E-state index contributed by atoms with van der Waals surface area (Å²) in [5.41, 5.74) is 1.71. The van der Waals surface area contributed by atoms with Crippen molar-refractivity contribution in [3.05, 3.63) is 23.8 Å². The number of rotatable bonds is 4. The van der Waals surface area contributed by atoms with Gasteiger partial charge in [0, 0.05) is 31.8 Å². The summed E-state index contributed by atoms with van der Waals surface area (Å²) in [4.78, 5) is 13.5. The first-order chi connectivity index (χ1) is 10.9. The number of hydrogen-bond donors (Lipinski definition) is 1. The highest BCUT2D eigenvalue weighted by atomic mass is 32.2. The van der Waals surface area contributed by atoms with E-state index in [0.717, 1.165) is 24.1 Å². The number of carbonyl (C=O) groups excluding carboxylic acids is 1. The van der Waals surface area contributed by atoms with Gasteiger partial charge in [0.15, 0.2) is 0 Å². The number of nitrogens with one attached hydrogen (secondary N) is 1. The zero-order valence-corrected chi connectivity index (χ0v) is 14.2. The largest absolute Gasteiger partial charge is 0.377 e. The fraction of sp³-hybridized carbons (Fsp3) is 0.562. The molecule has 0 aliphatic carbocycles. The van der Waals surface area contributed by atoms with Crippen LogP contribution in [0.2, 0.25) is 0 Å². The molecule has 2 heterocycles. The predicted molar refractivity (Wildman–Crippen MR) is 86.9 cm³/mol. The van der Waals surface area contributed by atoms with Crippen LogP contribution in [0.5, 0.6) is 0 Å². The SMILES string of the molecule is CC(=O)N1CCc2cc(S(=O)(=O)NC(C)C3CCCO3)ccc21. The van der Waals surface area contributed by atoms with Gasteiger partial charge < -0.3 is 9.64 Å². The number of carbonyl (C=O) groups is 1. The summed E-state index contributed by atoms with van der Waals surface area (Å²) in [5.74, 6) is -0.0236. The maximum absolute atomic E-state index is 12.6. The number of anilines is 1. The van der Waals surface area contributed by atoms with Crippen LogP contribution >= 0.6 is 0 Å². The molecular weight excluding hydrogens is 316 g/mol. The van der Waals surface area contributed by atoms with Crippen molar-refractivity contribution in [2.75, 3.05) is 18.1 Å². The van der Waals surface area contributed by atoms with Crippen molar-refractivity contribution in [2.45, 2.75) is 50.2 Å². The molecule has 6 nitrogen and oxygen atoms in total. The molecule has 3 rings (SSSR count). The molecule has 0 saturated carbocycles. The lowest BCUT2D eigenvalue weighted by Crippen LogP contribution is -2.40. The van der Waals surface area contributed by atoms with Crippen LogP contribution in [0.15, 0.2) is 23.1 Å². The summed E-state index contributed by atoms with van der Waals surface area (Å²) in [6.45, 7) is 4.65. The van der Waals surface area contributed by atoms with E-state index >= 15 is 0 Å². The molecule has 1 N–H and O–H groups in total. The zero-order chi connectivity index (χ0) is 16.6. The molecule has 0 aromatic heterocycles. The number of nitrogens with zero attached hydrogens (tertiary/aromatic N) is 1. The first-order valence-corrected chi connectivity index (χ1v) is 9.42. The number of sulfonamides is 1. The van der Waals surface area contributed by atoms with Gasteiger partial charge in [-0.3, -0.25) is 4.79 Å². The van der Waals surface area contributed by atoms with Gasteiger partial charge in [0.25, 0.3) is 0 Å². The van der Waals surface area contributed by atoms with Crippen molar-refractivity contribution in [3.63, 3.8) is 0 Å². The normalized spacial score (nSPS) is 22.2. The van der Waals surface area contributed by atoms with Gasteiger partial charge in [-0.2, -0.15) is 0 Å². The van der Waals surface area contributed by atoms with Crippen LogP contribution in [-0.2, 0) is 26.0 Å². The standard InChI is InChI=1S/C16H22N2O4S/c1-11(16-4-3-9-22-16)17-23(20,21)14-5-6-15-13(10-14)7-8-18(15)12(2)19/h5-6,10-11,16-17H,3-4,7-9H2,1-2H3. The molecule has 126 valence electrons. The van der Waals surface area contributed by atoms with Crippen LogP contribution < -0.4 is 9.62 Å². The number of fused-ring (bicyclic) bond motifs is 1. The average molecular weight is 338 g/mol. The molecule has 7 heteroatoms. The molecule has 1 amide bonds. The molecule has 0 spiro atoms. The Bertz CT molecular complexity index is 711. The molecule has 2 unspecified atom stereocenters. The summed E-state index contributed by atoms with van der Waals surface area (Å²) < 4.78 is 33.4. The highest BCUT2D eigenvalue weighted by Gasteiger charge is 2.29. The second kappa shape index (κ2) is 6.22. The fourth-order valence-electron chi connectivity index (χ4n) is 3.26. The Morgan fingerprint density at radius 3 is 2.87 bits per heavy atom. The average Bonchev–Trinajstić information content (AvgIpc) is 3.15. The van der Waals surface area contributed by atoms with Gasteiger partial charge in [-0.15, -0.1) is 0 Å². The van der Waals surface area contributed by atoms with Gasteiger partial charge in [0.05, 0.1) is 11.0 Å². The third-order valence-corrected chi connectivity index (χ3v) is 6.06. The van der Waals surface area contributed by atoms with Crippen molar-refractivity contribution in [1.82, 2.24) is 4.72 Å². The van der Waals surface area contributed by atoms with Gasteiger partial charge in [0.1, 0.15) is 0 Å².